The van der Waals surface area contributed by atoms with Crippen molar-refractivity contribution in [3.8, 4) is 0 Å². The SMILES string of the molecule is Cl.Cl.NCCNc1cc(Cl)ncn1. The molecular formula is C6H11Cl3N4. The van der Waals surface area contributed by atoms with Crippen molar-refractivity contribution >= 4 is 42.2 Å². The summed E-state index contributed by atoms with van der Waals surface area (Å²) in [6, 6.07) is 1.65. The number of rotatable bonds is 3. The van der Waals surface area contributed by atoms with Crippen LogP contribution < -0.4 is 11.1 Å². The molecule has 3 N–H and O–H groups in total. The van der Waals surface area contributed by atoms with Crippen LogP contribution in [0.15, 0.2) is 12.4 Å². The Bertz CT molecular complexity index is 233. The molecule has 0 atom stereocenters. The molecule has 7 heteroatoms. The highest BCUT2D eigenvalue weighted by Crippen LogP contribution is 2.07. The summed E-state index contributed by atoms with van der Waals surface area (Å²) in [7, 11) is 0. The molecule has 0 amide bonds. The third-order valence-electron chi connectivity index (χ3n) is 1.08. The van der Waals surface area contributed by atoms with E-state index in [0.717, 1.165) is 0 Å². The highest BCUT2D eigenvalue weighted by molar-refractivity contribution is 6.29. The maximum atomic E-state index is 5.60. The lowest BCUT2D eigenvalue weighted by Gasteiger charge is -2.01. The van der Waals surface area contributed by atoms with Crippen LogP contribution in [0.2, 0.25) is 5.15 Å². The molecule has 0 spiro atoms. The topological polar surface area (TPSA) is 63.8 Å². The van der Waals surface area contributed by atoms with Crippen LogP contribution in [0.1, 0.15) is 0 Å². The summed E-state index contributed by atoms with van der Waals surface area (Å²) in [5, 5.41) is 3.40. The van der Waals surface area contributed by atoms with Gasteiger partial charge in [-0.3, -0.25) is 0 Å². The number of nitrogens with zero attached hydrogens (tertiary/aromatic N) is 2. The number of nitrogens with two attached hydrogens (primary N) is 1. The van der Waals surface area contributed by atoms with Crippen molar-refractivity contribution in [3.63, 3.8) is 0 Å². The Balaban J connectivity index is 0. The fourth-order valence-corrected chi connectivity index (χ4v) is 0.777. The lowest BCUT2D eigenvalue weighted by atomic mass is 10.5. The zero-order valence-corrected chi connectivity index (χ0v) is 9.12. The predicted molar refractivity (Wildman–Crippen MR) is 59.1 cm³/mol. The highest BCUT2D eigenvalue weighted by atomic mass is 35.5. The average molecular weight is 246 g/mol. The monoisotopic (exact) mass is 244 g/mol. The first-order chi connectivity index (χ1) is 5.33. The fourth-order valence-electron chi connectivity index (χ4n) is 0.630. The van der Waals surface area contributed by atoms with Gasteiger partial charge in [-0.1, -0.05) is 11.6 Å². The predicted octanol–water partition coefficient (Wildman–Crippen LogP) is 1.34. The zero-order valence-electron chi connectivity index (χ0n) is 6.74. The first kappa shape index (κ1) is 15.2. The van der Waals surface area contributed by atoms with Gasteiger partial charge in [-0.2, -0.15) is 0 Å². The molecule has 0 saturated heterocycles. The molecule has 0 unspecified atom stereocenters. The van der Waals surface area contributed by atoms with Crippen molar-refractivity contribution in [3.05, 3.63) is 17.5 Å². The van der Waals surface area contributed by atoms with E-state index in [4.69, 9.17) is 17.3 Å². The molecule has 0 aliphatic heterocycles. The minimum Gasteiger partial charge on any atom is -0.369 e. The standard InChI is InChI=1S/C6H9ClN4.2ClH/c7-5-3-6(9-2-1-8)11-4-10-5;;/h3-4H,1-2,8H2,(H,9,10,11);2*1H. The van der Waals surface area contributed by atoms with Crippen molar-refractivity contribution < 1.29 is 0 Å². The number of anilines is 1. The van der Waals surface area contributed by atoms with Gasteiger partial charge in [-0.15, -0.1) is 24.8 Å². The van der Waals surface area contributed by atoms with Crippen molar-refractivity contribution in [2.24, 2.45) is 5.73 Å². The molecule has 1 heterocycles. The Morgan fingerprint density at radius 1 is 1.38 bits per heavy atom. The molecule has 76 valence electrons. The molecule has 4 nitrogen and oxygen atoms in total. The molecule has 1 aromatic rings. The van der Waals surface area contributed by atoms with E-state index >= 15 is 0 Å². The van der Waals surface area contributed by atoms with Gasteiger partial charge < -0.3 is 11.1 Å². The Morgan fingerprint density at radius 3 is 2.62 bits per heavy atom. The summed E-state index contributed by atoms with van der Waals surface area (Å²) in [5.41, 5.74) is 5.28. The van der Waals surface area contributed by atoms with Crippen LogP contribution in [0.4, 0.5) is 5.82 Å². The molecule has 13 heavy (non-hydrogen) atoms. The van der Waals surface area contributed by atoms with Crippen molar-refractivity contribution in [1.29, 1.82) is 0 Å². The van der Waals surface area contributed by atoms with Gasteiger partial charge >= 0.3 is 0 Å². The molecule has 0 bridgehead atoms. The van der Waals surface area contributed by atoms with E-state index in [-0.39, 0.29) is 24.8 Å². The number of hydrogen-bond donors (Lipinski definition) is 2. The summed E-state index contributed by atoms with van der Waals surface area (Å²) in [6.07, 6.45) is 1.40. The molecule has 0 saturated carbocycles. The lowest BCUT2D eigenvalue weighted by Crippen LogP contribution is -2.13. The van der Waals surface area contributed by atoms with Crippen LogP contribution in [0.3, 0.4) is 0 Å². The van der Waals surface area contributed by atoms with E-state index < -0.39 is 0 Å². The van der Waals surface area contributed by atoms with Crippen LogP contribution in [-0.2, 0) is 0 Å². The van der Waals surface area contributed by atoms with Gasteiger partial charge in [-0.05, 0) is 0 Å². The van der Waals surface area contributed by atoms with Gasteiger partial charge in [0.15, 0.2) is 0 Å². The molecule has 1 rings (SSSR count). The molecule has 0 aromatic carbocycles. The average Bonchev–Trinajstić information content (AvgIpc) is 2.01. The molecule has 0 aliphatic rings. The van der Waals surface area contributed by atoms with Crippen LogP contribution in [0.5, 0.6) is 0 Å². The van der Waals surface area contributed by atoms with Crippen LogP contribution in [0, 0.1) is 0 Å². The molecule has 0 radical (unpaired) electrons. The van der Waals surface area contributed by atoms with E-state index in [1.54, 1.807) is 6.07 Å². The Labute approximate surface area is 94.1 Å². The van der Waals surface area contributed by atoms with E-state index in [2.05, 4.69) is 15.3 Å². The van der Waals surface area contributed by atoms with E-state index in [0.29, 0.717) is 24.1 Å². The van der Waals surface area contributed by atoms with E-state index in [1.165, 1.54) is 6.33 Å². The third kappa shape index (κ3) is 5.87. The van der Waals surface area contributed by atoms with Crippen LogP contribution >= 0.6 is 36.4 Å². The normalized spacial score (nSPS) is 8.15. The van der Waals surface area contributed by atoms with Crippen LogP contribution in [-0.4, -0.2) is 23.1 Å². The smallest absolute Gasteiger partial charge is 0.134 e. The summed E-state index contributed by atoms with van der Waals surface area (Å²) >= 11 is 5.60. The van der Waals surface area contributed by atoms with Gasteiger partial charge in [0.1, 0.15) is 17.3 Å². The van der Waals surface area contributed by atoms with Crippen LogP contribution in [0.25, 0.3) is 0 Å². The maximum absolute atomic E-state index is 5.60. The Morgan fingerprint density at radius 2 is 2.08 bits per heavy atom. The largest absolute Gasteiger partial charge is 0.369 e. The third-order valence-corrected chi connectivity index (χ3v) is 1.29. The maximum Gasteiger partial charge on any atom is 0.134 e. The van der Waals surface area contributed by atoms with E-state index in [9.17, 15) is 0 Å². The highest BCUT2D eigenvalue weighted by Gasteiger charge is 1.92. The first-order valence-electron chi connectivity index (χ1n) is 3.24. The second-order valence-electron chi connectivity index (χ2n) is 1.94. The molecular weight excluding hydrogens is 234 g/mol. The Hall–Kier alpha value is -0.290. The second-order valence-corrected chi connectivity index (χ2v) is 2.33. The second kappa shape index (κ2) is 8.31. The van der Waals surface area contributed by atoms with Gasteiger partial charge in [-0.25, -0.2) is 9.97 Å². The quantitative estimate of drug-likeness (QED) is 0.789. The molecule has 1 aromatic heterocycles. The first-order valence-corrected chi connectivity index (χ1v) is 3.62. The minimum atomic E-state index is 0. The number of nitrogens with one attached hydrogen (secondary N) is 1. The van der Waals surface area contributed by atoms with Gasteiger partial charge in [0.05, 0.1) is 0 Å². The number of hydrogen-bond acceptors (Lipinski definition) is 4. The summed E-state index contributed by atoms with van der Waals surface area (Å²) in [6.45, 7) is 1.26. The summed E-state index contributed by atoms with van der Waals surface area (Å²) in [4.78, 5) is 7.65. The zero-order chi connectivity index (χ0) is 8.10. The number of halogens is 3. The van der Waals surface area contributed by atoms with Gasteiger partial charge in [0.25, 0.3) is 0 Å². The van der Waals surface area contributed by atoms with Crippen molar-refractivity contribution in [2.45, 2.75) is 0 Å². The van der Waals surface area contributed by atoms with Crippen molar-refractivity contribution in [2.75, 3.05) is 18.4 Å². The molecule has 0 aliphatic carbocycles. The minimum absolute atomic E-state index is 0. The number of aromatic nitrogens is 2. The molecule has 0 fully saturated rings. The fraction of sp³-hybridized carbons (Fsp3) is 0.333. The lowest BCUT2D eigenvalue weighted by molar-refractivity contribution is 1.00. The summed E-state index contributed by atoms with van der Waals surface area (Å²) in [5.74, 6) is 0.704. The van der Waals surface area contributed by atoms with E-state index in [1.807, 2.05) is 0 Å². The summed E-state index contributed by atoms with van der Waals surface area (Å²) < 4.78 is 0. The van der Waals surface area contributed by atoms with Crippen molar-refractivity contribution in [1.82, 2.24) is 9.97 Å². The van der Waals surface area contributed by atoms with Gasteiger partial charge in [0, 0.05) is 19.2 Å². The van der Waals surface area contributed by atoms with Gasteiger partial charge in [0.2, 0.25) is 0 Å². The Kier molecular flexibility index (Phi) is 9.72.